The highest BCUT2D eigenvalue weighted by Crippen LogP contribution is 2.29. The van der Waals surface area contributed by atoms with Crippen LogP contribution in [0, 0.1) is 18.3 Å². The summed E-state index contributed by atoms with van der Waals surface area (Å²) in [5.41, 5.74) is 2.36. The van der Waals surface area contributed by atoms with Crippen molar-refractivity contribution < 1.29 is 4.74 Å². The van der Waals surface area contributed by atoms with E-state index in [0.29, 0.717) is 18.8 Å². The normalized spacial score (nSPS) is 18.3. The molecular weight excluding hydrogens is 310 g/mol. The SMILES string of the molecule is Cc1csc(C2CN(c3nc4ccccn4c3C#N)CCO2)n1. The summed E-state index contributed by atoms with van der Waals surface area (Å²) in [6.45, 7) is 3.96. The lowest BCUT2D eigenvalue weighted by molar-refractivity contribution is 0.0393. The molecule has 0 spiro atoms. The van der Waals surface area contributed by atoms with E-state index in [-0.39, 0.29) is 6.10 Å². The number of hydrogen-bond donors (Lipinski definition) is 0. The number of pyridine rings is 1. The highest BCUT2D eigenvalue weighted by Gasteiger charge is 2.28. The van der Waals surface area contributed by atoms with Crippen LogP contribution in [0.5, 0.6) is 0 Å². The minimum absolute atomic E-state index is 0.0706. The maximum atomic E-state index is 9.54. The van der Waals surface area contributed by atoms with Crippen LogP contribution >= 0.6 is 11.3 Å². The van der Waals surface area contributed by atoms with Crippen molar-refractivity contribution in [3.05, 3.63) is 46.2 Å². The van der Waals surface area contributed by atoms with Crippen LogP contribution in [-0.2, 0) is 4.74 Å². The Balaban J connectivity index is 1.69. The predicted molar refractivity (Wildman–Crippen MR) is 87.7 cm³/mol. The summed E-state index contributed by atoms with van der Waals surface area (Å²) in [6, 6.07) is 8.02. The molecule has 1 atom stereocenters. The molecule has 1 aliphatic rings. The van der Waals surface area contributed by atoms with E-state index in [9.17, 15) is 5.26 Å². The smallest absolute Gasteiger partial charge is 0.169 e. The number of nitriles is 1. The van der Waals surface area contributed by atoms with Crippen LogP contribution in [0.15, 0.2) is 29.8 Å². The van der Waals surface area contributed by atoms with Gasteiger partial charge in [-0.15, -0.1) is 11.3 Å². The third-order valence-corrected chi connectivity index (χ3v) is 4.95. The van der Waals surface area contributed by atoms with Crippen LogP contribution in [0.2, 0.25) is 0 Å². The van der Waals surface area contributed by atoms with Gasteiger partial charge in [0.25, 0.3) is 0 Å². The molecule has 116 valence electrons. The number of morpholine rings is 1. The van der Waals surface area contributed by atoms with E-state index in [4.69, 9.17) is 4.74 Å². The Labute approximate surface area is 137 Å². The lowest BCUT2D eigenvalue weighted by Crippen LogP contribution is -2.39. The molecule has 4 heterocycles. The van der Waals surface area contributed by atoms with E-state index < -0.39 is 0 Å². The minimum atomic E-state index is -0.0706. The van der Waals surface area contributed by atoms with Crippen LogP contribution < -0.4 is 4.90 Å². The molecule has 1 unspecified atom stereocenters. The summed E-state index contributed by atoms with van der Waals surface area (Å²) >= 11 is 1.61. The fourth-order valence-electron chi connectivity index (χ4n) is 2.82. The van der Waals surface area contributed by atoms with Gasteiger partial charge in [0.2, 0.25) is 0 Å². The molecule has 0 aromatic carbocycles. The zero-order valence-corrected chi connectivity index (χ0v) is 13.5. The first-order chi connectivity index (χ1) is 11.3. The molecule has 3 aromatic heterocycles. The van der Waals surface area contributed by atoms with Gasteiger partial charge in [-0.3, -0.25) is 4.40 Å². The first-order valence-corrected chi connectivity index (χ1v) is 8.30. The maximum absolute atomic E-state index is 9.54. The molecule has 7 heteroatoms. The molecule has 3 aromatic rings. The van der Waals surface area contributed by atoms with Crippen molar-refractivity contribution in [3.8, 4) is 6.07 Å². The molecule has 6 nitrogen and oxygen atoms in total. The van der Waals surface area contributed by atoms with E-state index in [1.54, 1.807) is 11.3 Å². The van der Waals surface area contributed by atoms with Gasteiger partial charge in [0, 0.05) is 23.8 Å². The highest BCUT2D eigenvalue weighted by molar-refractivity contribution is 7.09. The van der Waals surface area contributed by atoms with Gasteiger partial charge < -0.3 is 9.64 Å². The van der Waals surface area contributed by atoms with Gasteiger partial charge in [0.15, 0.2) is 11.5 Å². The zero-order chi connectivity index (χ0) is 15.8. The Morgan fingerprint density at radius 1 is 1.39 bits per heavy atom. The van der Waals surface area contributed by atoms with Crippen molar-refractivity contribution in [3.63, 3.8) is 0 Å². The van der Waals surface area contributed by atoms with Crippen LogP contribution in [0.4, 0.5) is 5.82 Å². The molecule has 0 N–H and O–H groups in total. The van der Waals surface area contributed by atoms with Crippen molar-refractivity contribution in [2.75, 3.05) is 24.6 Å². The first-order valence-electron chi connectivity index (χ1n) is 7.42. The Kier molecular flexibility index (Phi) is 3.48. The molecule has 0 saturated carbocycles. The first kappa shape index (κ1) is 14.2. The van der Waals surface area contributed by atoms with E-state index in [1.165, 1.54) is 0 Å². The van der Waals surface area contributed by atoms with E-state index >= 15 is 0 Å². The Morgan fingerprint density at radius 3 is 3.09 bits per heavy atom. The second kappa shape index (κ2) is 5.65. The molecule has 1 fully saturated rings. The highest BCUT2D eigenvalue weighted by atomic mass is 32.1. The molecule has 4 rings (SSSR count). The average molecular weight is 325 g/mol. The molecule has 1 saturated heterocycles. The summed E-state index contributed by atoms with van der Waals surface area (Å²) in [7, 11) is 0. The van der Waals surface area contributed by atoms with Crippen molar-refractivity contribution in [2.45, 2.75) is 13.0 Å². The third kappa shape index (κ3) is 2.46. The fourth-order valence-corrected chi connectivity index (χ4v) is 3.65. The number of rotatable bonds is 2. The second-order valence-corrected chi connectivity index (χ2v) is 6.35. The lowest BCUT2D eigenvalue weighted by atomic mass is 10.2. The fraction of sp³-hybridized carbons (Fsp3) is 0.312. The monoisotopic (exact) mass is 325 g/mol. The number of hydrogen-bond acceptors (Lipinski definition) is 6. The predicted octanol–water partition coefficient (Wildman–Crippen LogP) is 2.55. The van der Waals surface area contributed by atoms with Gasteiger partial charge in [-0.25, -0.2) is 9.97 Å². The molecule has 23 heavy (non-hydrogen) atoms. The van der Waals surface area contributed by atoms with Crippen LogP contribution in [-0.4, -0.2) is 34.1 Å². The molecule has 0 bridgehead atoms. The molecule has 0 radical (unpaired) electrons. The number of aromatic nitrogens is 3. The average Bonchev–Trinajstić information content (AvgIpc) is 3.18. The Bertz CT molecular complexity index is 893. The van der Waals surface area contributed by atoms with Crippen molar-refractivity contribution in [2.24, 2.45) is 0 Å². The van der Waals surface area contributed by atoms with Crippen LogP contribution in [0.25, 0.3) is 5.65 Å². The number of nitrogens with zero attached hydrogens (tertiary/aromatic N) is 5. The summed E-state index contributed by atoms with van der Waals surface area (Å²) < 4.78 is 7.69. The Hall–Kier alpha value is -2.43. The van der Waals surface area contributed by atoms with Gasteiger partial charge in [0.1, 0.15) is 22.8 Å². The van der Waals surface area contributed by atoms with Gasteiger partial charge in [-0.05, 0) is 19.1 Å². The number of aryl methyl sites for hydroxylation is 1. The summed E-state index contributed by atoms with van der Waals surface area (Å²) in [5.74, 6) is 0.722. The molecule has 0 amide bonds. The maximum Gasteiger partial charge on any atom is 0.169 e. The number of imidazole rings is 1. The summed E-state index contributed by atoms with van der Waals surface area (Å²) in [6.07, 6.45) is 1.80. The van der Waals surface area contributed by atoms with Gasteiger partial charge in [0.05, 0.1) is 13.2 Å². The van der Waals surface area contributed by atoms with Crippen LogP contribution in [0.3, 0.4) is 0 Å². The van der Waals surface area contributed by atoms with Crippen molar-refractivity contribution >= 4 is 22.8 Å². The quantitative estimate of drug-likeness (QED) is 0.724. The number of thiazole rings is 1. The standard InChI is InChI=1S/C16H15N5OS/c1-11-10-23-16(18-11)13-9-20(6-7-22-13)15-12(8-17)21-5-3-2-4-14(21)19-15/h2-5,10,13H,6-7,9H2,1H3. The zero-order valence-electron chi connectivity index (χ0n) is 12.6. The lowest BCUT2D eigenvalue weighted by Gasteiger charge is -2.32. The third-order valence-electron chi connectivity index (χ3n) is 3.90. The number of ether oxygens (including phenoxy) is 1. The van der Waals surface area contributed by atoms with E-state index in [2.05, 4.69) is 20.9 Å². The van der Waals surface area contributed by atoms with Gasteiger partial charge in [-0.2, -0.15) is 5.26 Å². The molecule has 0 aliphatic carbocycles. The summed E-state index contributed by atoms with van der Waals surface area (Å²) in [5, 5.41) is 12.6. The molecule has 1 aliphatic heterocycles. The Morgan fingerprint density at radius 2 is 2.30 bits per heavy atom. The minimum Gasteiger partial charge on any atom is -0.367 e. The van der Waals surface area contributed by atoms with E-state index in [1.807, 2.05) is 41.1 Å². The second-order valence-electron chi connectivity index (χ2n) is 5.46. The van der Waals surface area contributed by atoms with Gasteiger partial charge in [-0.1, -0.05) is 6.07 Å². The van der Waals surface area contributed by atoms with Crippen molar-refractivity contribution in [1.82, 2.24) is 14.4 Å². The van der Waals surface area contributed by atoms with E-state index in [0.717, 1.165) is 28.7 Å². The molecular formula is C16H15N5OS. The number of anilines is 1. The number of fused-ring (bicyclic) bond motifs is 1. The van der Waals surface area contributed by atoms with Crippen LogP contribution in [0.1, 0.15) is 22.5 Å². The summed E-state index contributed by atoms with van der Waals surface area (Å²) in [4.78, 5) is 11.3. The van der Waals surface area contributed by atoms with Gasteiger partial charge >= 0.3 is 0 Å². The van der Waals surface area contributed by atoms with Crippen molar-refractivity contribution in [1.29, 1.82) is 5.26 Å². The largest absolute Gasteiger partial charge is 0.367 e. The topological polar surface area (TPSA) is 66.5 Å².